The molecule has 0 amide bonds. The van der Waals surface area contributed by atoms with E-state index in [0.29, 0.717) is 0 Å². The molecule has 0 unspecified atom stereocenters. The standard InChI is InChI=1S/C10H12N2.2C2H6/c1-11-10-7-8-5-3-4-6-9(8)12(10)2;2*1-2/h3-6H,7H2,1-2H3;2*1-2H3. The molecule has 0 atom stereocenters. The van der Waals surface area contributed by atoms with Gasteiger partial charge in [-0.15, -0.1) is 0 Å². The number of benzene rings is 1. The molecule has 0 N–H and O–H groups in total. The number of anilines is 1. The van der Waals surface area contributed by atoms with E-state index < -0.39 is 0 Å². The first-order valence-electron chi connectivity index (χ1n) is 6.10. The van der Waals surface area contributed by atoms with Crippen molar-refractivity contribution in [1.29, 1.82) is 0 Å². The van der Waals surface area contributed by atoms with Gasteiger partial charge in [-0.05, 0) is 11.6 Å². The van der Waals surface area contributed by atoms with Crippen molar-refractivity contribution in [3.05, 3.63) is 29.8 Å². The first-order chi connectivity index (χ1) is 7.83. The highest BCUT2D eigenvalue weighted by molar-refractivity contribution is 6.04. The van der Waals surface area contributed by atoms with Gasteiger partial charge >= 0.3 is 0 Å². The van der Waals surface area contributed by atoms with Gasteiger partial charge in [-0.3, -0.25) is 4.99 Å². The van der Waals surface area contributed by atoms with E-state index in [-0.39, 0.29) is 0 Å². The van der Waals surface area contributed by atoms with Crippen LogP contribution in [0.4, 0.5) is 5.69 Å². The van der Waals surface area contributed by atoms with Crippen molar-refractivity contribution < 1.29 is 0 Å². The molecule has 0 radical (unpaired) electrons. The highest BCUT2D eigenvalue weighted by Gasteiger charge is 2.20. The zero-order chi connectivity index (χ0) is 12.6. The molecule has 0 fully saturated rings. The summed E-state index contributed by atoms with van der Waals surface area (Å²) < 4.78 is 0. The second kappa shape index (κ2) is 7.91. The van der Waals surface area contributed by atoms with Crippen LogP contribution in [0.2, 0.25) is 0 Å². The van der Waals surface area contributed by atoms with E-state index in [0.717, 1.165) is 12.3 Å². The third-order valence-electron chi connectivity index (χ3n) is 2.35. The van der Waals surface area contributed by atoms with Gasteiger partial charge in [0.25, 0.3) is 0 Å². The Morgan fingerprint density at radius 3 is 2.12 bits per heavy atom. The van der Waals surface area contributed by atoms with Gasteiger partial charge in [-0.1, -0.05) is 45.9 Å². The molecule has 0 saturated carbocycles. The Morgan fingerprint density at radius 1 is 1.06 bits per heavy atom. The van der Waals surface area contributed by atoms with Gasteiger partial charge in [0.05, 0.1) is 0 Å². The molecule has 2 nitrogen and oxygen atoms in total. The quantitative estimate of drug-likeness (QED) is 0.650. The van der Waals surface area contributed by atoms with Crippen LogP contribution in [0.15, 0.2) is 29.3 Å². The van der Waals surface area contributed by atoms with E-state index in [1.165, 1.54) is 11.3 Å². The van der Waals surface area contributed by atoms with Crippen molar-refractivity contribution in [3.8, 4) is 0 Å². The van der Waals surface area contributed by atoms with Crippen LogP contribution in [0, 0.1) is 0 Å². The molecule has 2 rings (SSSR count). The summed E-state index contributed by atoms with van der Waals surface area (Å²) in [5, 5.41) is 0. The number of hydrogen-bond donors (Lipinski definition) is 0. The van der Waals surface area contributed by atoms with E-state index in [9.17, 15) is 0 Å². The molecule has 90 valence electrons. The fraction of sp³-hybridized carbons (Fsp3) is 0.500. The molecule has 1 aliphatic heterocycles. The average molecular weight is 220 g/mol. The maximum atomic E-state index is 4.23. The van der Waals surface area contributed by atoms with Crippen LogP contribution in [0.1, 0.15) is 33.3 Å². The first-order valence-corrected chi connectivity index (χ1v) is 6.10. The van der Waals surface area contributed by atoms with Crippen molar-refractivity contribution in [3.63, 3.8) is 0 Å². The van der Waals surface area contributed by atoms with Gasteiger partial charge in [0, 0.05) is 26.2 Å². The monoisotopic (exact) mass is 220 g/mol. The molecule has 0 aromatic heterocycles. The average Bonchev–Trinajstić information content (AvgIpc) is 2.72. The van der Waals surface area contributed by atoms with Gasteiger partial charge < -0.3 is 4.90 Å². The van der Waals surface area contributed by atoms with Gasteiger partial charge in [0.2, 0.25) is 0 Å². The number of fused-ring (bicyclic) bond motifs is 1. The van der Waals surface area contributed by atoms with Gasteiger partial charge in [0.1, 0.15) is 5.84 Å². The summed E-state index contributed by atoms with van der Waals surface area (Å²) in [4.78, 5) is 6.37. The lowest BCUT2D eigenvalue weighted by Crippen LogP contribution is -2.21. The predicted molar refractivity (Wildman–Crippen MR) is 74.6 cm³/mol. The molecule has 0 bridgehead atoms. The summed E-state index contributed by atoms with van der Waals surface area (Å²) in [6.07, 6.45) is 0.975. The lowest BCUT2D eigenvalue weighted by atomic mass is 10.2. The van der Waals surface area contributed by atoms with E-state index in [2.05, 4.69) is 41.2 Å². The highest BCUT2D eigenvalue weighted by atomic mass is 15.2. The zero-order valence-electron chi connectivity index (χ0n) is 11.4. The van der Waals surface area contributed by atoms with Crippen molar-refractivity contribution in [2.75, 3.05) is 19.0 Å². The molecule has 1 aromatic rings. The summed E-state index contributed by atoms with van der Waals surface area (Å²) in [6, 6.07) is 8.43. The number of nitrogens with zero attached hydrogens (tertiary/aromatic N) is 2. The second-order valence-corrected chi connectivity index (χ2v) is 3.00. The minimum absolute atomic E-state index is 0.975. The van der Waals surface area contributed by atoms with Crippen LogP contribution in [0.25, 0.3) is 0 Å². The lowest BCUT2D eigenvalue weighted by molar-refractivity contribution is 1.24. The van der Waals surface area contributed by atoms with Crippen LogP contribution in [0.5, 0.6) is 0 Å². The molecule has 0 saturated heterocycles. The molecular weight excluding hydrogens is 196 g/mol. The third-order valence-corrected chi connectivity index (χ3v) is 2.35. The Bertz CT molecular complexity index is 329. The normalized spacial score (nSPS) is 14.6. The Morgan fingerprint density at radius 2 is 1.62 bits per heavy atom. The third kappa shape index (κ3) is 3.09. The molecule has 0 spiro atoms. The number of para-hydroxylation sites is 1. The van der Waals surface area contributed by atoms with Gasteiger partial charge in [0.15, 0.2) is 0 Å². The Hall–Kier alpha value is -1.31. The largest absolute Gasteiger partial charge is 0.333 e. The number of hydrogen-bond acceptors (Lipinski definition) is 1. The molecular formula is C14H24N2. The minimum atomic E-state index is 0.975. The molecule has 16 heavy (non-hydrogen) atoms. The highest BCUT2D eigenvalue weighted by Crippen LogP contribution is 2.27. The maximum absolute atomic E-state index is 4.23. The van der Waals surface area contributed by atoms with E-state index in [1.807, 2.05) is 34.7 Å². The predicted octanol–water partition coefficient (Wildman–Crippen LogP) is 3.76. The van der Waals surface area contributed by atoms with Crippen molar-refractivity contribution in [1.82, 2.24) is 0 Å². The van der Waals surface area contributed by atoms with Crippen molar-refractivity contribution in [2.45, 2.75) is 34.1 Å². The molecule has 2 heteroatoms. The zero-order valence-corrected chi connectivity index (χ0v) is 11.4. The van der Waals surface area contributed by atoms with Gasteiger partial charge in [-0.25, -0.2) is 0 Å². The fourth-order valence-electron chi connectivity index (χ4n) is 1.64. The number of rotatable bonds is 0. The summed E-state index contributed by atoms with van der Waals surface area (Å²) in [5.74, 6) is 1.15. The minimum Gasteiger partial charge on any atom is -0.333 e. The summed E-state index contributed by atoms with van der Waals surface area (Å²) in [5.41, 5.74) is 2.67. The number of amidine groups is 1. The number of aliphatic imine (C=N–C) groups is 1. The summed E-state index contributed by atoms with van der Waals surface area (Å²) in [7, 11) is 3.91. The lowest BCUT2D eigenvalue weighted by Gasteiger charge is -2.12. The van der Waals surface area contributed by atoms with E-state index in [1.54, 1.807) is 0 Å². The van der Waals surface area contributed by atoms with Crippen LogP contribution >= 0.6 is 0 Å². The summed E-state index contributed by atoms with van der Waals surface area (Å²) in [6.45, 7) is 8.00. The van der Waals surface area contributed by atoms with Crippen LogP contribution in [-0.4, -0.2) is 19.9 Å². The maximum Gasteiger partial charge on any atom is 0.107 e. The van der Waals surface area contributed by atoms with Crippen molar-refractivity contribution >= 4 is 11.5 Å². The van der Waals surface area contributed by atoms with Crippen molar-refractivity contribution in [2.24, 2.45) is 4.99 Å². The SMILES string of the molecule is CC.CC.CN=C1Cc2ccccc2N1C. The summed E-state index contributed by atoms with van der Waals surface area (Å²) >= 11 is 0. The number of likely N-dealkylation sites (N-methyl/N-ethyl adjacent to an activating group) is 1. The van der Waals surface area contributed by atoms with E-state index >= 15 is 0 Å². The second-order valence-electron chi connectivity index (χ2n) is 3.00. The van der Waals surface area contributed by atoms with Gasteiger partial charge in [-0.2, -0.15) is 0 Å². The fourth-order valence-corrected chi connectivity index (χ4v) is 1.64. The smallest absolute Gasteiger partial charge is 0.107 e. The molecule has 1 aliphatic rings. The molecule has 1 heterocycles. The molecule has 1 aromatic carbocycles. The first kappa shape index (κ1) is 14.7. The van der Waals surface area contributed by atoms with Crippen LogP contribution in [0.3, 0.4) is 0 Å². The Balaban J connectivity index is 0.000000509. The van der Waals surface area contributed by atoms with Crippen LogP contribution < -0.4 is 4.90 Å². The topological polar surface area (TPSA) is 15.6 Å². The van der Waals surface area contributed by atoms with E-state index in [4.69, 9.17) is 0 Å². The molecule has 0 aliphatic carbocycles. The Labute approximate surface area is 100 Å². The Kier molecular flexibility index (Phi) is 7.27. The van der Waals surface area contributed by atoms with Crippen LogP contribution in [-0.2, 0) is 6.42 Å².